The van der Waals surface area contributed by atoms with Crippen LogP contribution >= 0.6 is 0 Å². The minimum Gasteiger partial charge on any atom is -0.481 e. The average Bonchev–Trinajstić information content (AvgIpc) is 2.71. The van der Waals surface area contributed by atoms with Crippen LogP contribution in [0.1, 0.15) is 6.92 Å². The largest absolute Gasteiger partial charge is 0.481 e. The maximum Gasteiger partial charge on any atom is 0.308 e. The Balaban J connectivity index is 2.29. The van der Waals surface area contributed by atoms with Crippen molar-refractivity contribution in [3.05, 3.63) is 34.4 Å². The van der Waals surface area contributed by atoms with Crippen molar-refractivity contribution >= 4 is 17.3 Å². The van der Waals surface area contributed by atoms with Crippen molar-refractivity contribution in [3.8, 4) is 0 Å². The van der Waals surface area contributed by atoms with Crippen LogP contribution in [0.2, 0.25) is 0 Å². The second-order valence-corrected chi connectivity index (χ2v) is 4.57. The topological polar surface area (TPSA) is 83.7 Å². The predicted octanol–water partition coefficient (Wildman–Crippen LogP) is 1.75. The molecule has 1 saturated heterocycles. The van der Waals surface area contributed by atoms with E-state index >= 15 is 0 Å². The van der Waals surface area contributed by atoms with Gasteiger partial charge in [0.15, 0.2) is 0 Å². The number of benzene rings is 1. The van der Waals surface area contributed by atoms with Crippen LogP contribution in [-0.2, 0) is 4.79 Å². The molecule has 0 saturated carbocycles. The van der Waals surface area contributed by atoms with E-state index in [0.717, 1.165) is 0 Å². The van der Waals surface area contributed by atoms with Crippen LogP contribution in [0.25, 0.3) is 0 Å². The number of para-hydroxylation sites is 2. The van der Waals surface area contributed by atoms with Gasteiger partial charge in [-0.25, -0.2) is 0 Å². The summed E-state index contributed by atoms with van der Waals surface area (Å²) in [6, 6.07) is 6.43. The molecular formula is C12H14N2O4. The van der Waals surface area contributed by atoms with Crippen molar-refractivity contribution in [2.24, 2.45) is 11.8 Å². The Kier molecular flexibility index (Phi) is 3.18. The molecule has 1 aliphatic rings. The Hall–Kier alpha value is -2.11. The van der Waals surface area contributed by atoms with Crippen molar-refractivity contribution in [1.29, 1.82) is 0 Å². The van der Waals surface area contributed by atoms with Crippen molar-refractivity contribution < 1.29 is 14.8 Å². The fraction of sp³-hybridized carbons (Fsp3) is 0.417. The van der Waals surface area contributed by atoms with Crippen LogP contribution in [-0.4, -0.2) is 29.1 Å². The van der Waals surface area contributed by atoms with E-state index in [4.69, 9.17) is 5.11 Å². The summed E-state index contributed by atoms with van der Waals surface area (Å²) in [4.78, 5) is 23.3. The molecule has 1 fully saturated rings. The van der Waals surface area contributed by atoms with E-state index in [0.29, 0.717) is 18.8 Å². The van der Waals surface area contributed by atoms with Gasteiger partial charge >= 0.3 is 5.97 Å². The van der Waals surface area contributed by atoms with E-state index in [1.54, 1.807) is 23.1 Å². The van der Waals surface area contributed by atoms with Gasteiger partial charge in [-0.2, -0.15) is 0 Å². The monoisotopic (exact) mass is 250 g/mol. The molecule has 6 nitrogen and oxygen atoms in total. The summed E-state index contributed by atoms with van der Waals surface area (Å²) in [7, 11) is 0. The third-order valence-electron chi connectivity index (χ3n) is 3.35. The number of hydrogen-bond acceptors (Lipinski definition) is 4. The molecule has 0 aromatic heterocycles. The van der Waals surface area contributed by atoms with Gasteiger partial charge in [-0.15, -0.1) is 0 Å². The zero-order valence-electron chi connectivity index (χ0n) is 9.94. The van der Waals surface area contributed by atoms with Crippen molar-refractivity contribution in [1.82, 2.24) is 0 Å². The number of hydrogen-bond donors (Lipinski definition) is 1. The molecule has 2 rings (SSSR count). The molecule has 0 amide bonds. The summed E-state index contributed by atoms with van der Waals surface area (Å²) < 4.78 is 0. The number of nitro groups is 1. The van der Waals surface area contributed by atoms with E-state index in [9.17, 15) is 14.9 Å². The number of carboxylic acid groups (broad SMARTS) is 1. The Morgan fingerprint density at radius 3 is 2.67 bits per heavy atom. The number of aliphatic carboxylic acids is 1. The second kappa shape index (κ2) is 4.64. The van der Waals surface area contributed by atoms with Crippen LogP contribution in [0.5, 0.6) is 0 Å². The zero-order valence-corrected chi connectivity index (χ0v) is 9.94. The molecule has 2 atom stereocenters. The Bertz CT molecular complexity index is 489. The highest BCUT2D eigenvalue weighted by atomic mass is 16.6. The highest BCUT2D eigenvalue weighted by molar-refractivity contribution is 5.74. The van der Waals surface area contributed by atoms with E-state index in [1.165, 1.54) is 6.07 Å². The summed E-state index contributed by atoms with van der Waals surface area (Å²) in [5.74, 6) is -1.32. The molecule has 6 heteroatoms. The van der Waals surface area contributed by atoms with Crippen molar-refractivity contribution in [2.75, 3.05) is 18.0 Å². The van der Waals surface area contributed by atoms with Crippen LogP contribution in [0, 0.1) is 22.0 Å². The molecule has 0 spiro atoms. The third kappa shape index (κ3) is 2.13. The van der Waals surface area contributed by atoms with Gasteiger partial charge in [-0.1, -0.05) is 19.1 Å². The first-order valence-electron chi connectivity index (χ1n) is 5.72. The Morgan fingerprint density at radius 2 is 2.11 bits per heavy atom. The Labute approximate surface area is 104 Å². The van der Waals surface area contributed by atoms with Gasteiger partial charge in [0.1, 0.15) is 5.69 Å². The SMILES string of the molecule is CC1CN(c2ccccc2[N+](=O)[O-])CC1C(=O)O. The van der Waals surface area contributed by atoms with Gasteiger partial charge in [0.25, 0.3) is 5.69 Å². The normalized spacial score (nSPS) is 23.1. The maximum absolute atomic E-state index is 11.0. The van der Waals surface area contributed by atoms with Gasteiger partial charge in [0.2, 0.25) is 0 Å². The summed E-state index contributed by atoms with van der Waals surface area (Å²) >= 11 is 0. The first kappa shape index (κ1) is 12.3. The zero-order chi connectivity index (χ0) is 13.3. The fourth-order valence-electron chi connectivity index (χ4n) is 2.37. The first-order valence-corrected chi connectivity index (χ1v) is 5.72. The minimum atomic E-state index is -0.844. The molecule has 1 heterocycles. The number of carbonyl (C=O) groups is 1. The lowest BCUT2D eigenvalue weighted by Crippen LogP contribution is -2.23. The van der Waals surface area contributed by atoms with E-state index < -0.39 is 16.8 Å². The smallest absolute Gasteiger partial charge is 0.308 e. The van der Waals surface area contributed by atoms with Gasteiger partial charge < -0.3 is 10.0 Å². The molecule has 1 N–H and O–H groups in total. The van der Waals surface area contributed by atoms with Gasteiger partial charge in [-0.3, -0.25) is 14.9 Å². The van der Waals surface area contributed by atoms with Gasteiger partial charge in [-0.05, 0) is 12.0 Å². The molecule has 18 heavy (non-hydrogen) atoms. The predicted molar refractivity (Wildman–Crippen MR) is 65.6 cm³/mol. The van der Waals surface area contributed by atoms with Crippen molar-refractivity contribution in [2.45, 2.75) is 6.92 Å². The summed E-state index contributed by atoms with van der Waals surface area (Å²) in [6.07, 6.45) is 0. The average molecular weight is 250 g/mol. The lowest BCUT2D eigenvalue weighted by molar-refractivity contribution is -0.384. The molecule has 96 valence electrons. The van der Waals surface area contributed by atoms with Gasteiger partial charge in [0, 0.05) is 19.2 Å². The molecule has 0 radical (unpaired) electrons. The van der Waals surface area contributed by atoms with Crippen LogP contribution in [0.3, 0.4) is 0 Å². The second-order valence-electron chi connectivity index (χ2n) is 4.57. The number of anilines is 1. The third-order valence-corrected chi connectivity index (χ3v) is 3.35. The Morgan fingerprint density at radius 1 is 1.44 bits per heavy atom. The van der Waals surface area contributed by atoms with Crippen LogP contribution in [0.15, 0.2) is 24.3 Å². The van der Waals surface area contributed by atoms with Crippen molar-refractivity contribution in [3.63, 3.8) is 0 Å². The lowest BCUT2D eigenvalue weighted by Gasteiger charge is -2.17. The number of nitro benzene ring substituents is 1. The molecule has 0 aliphatic carbocycles. The molecule has 1 aromatic rings. The fourth-order valence-corrected chi connectivity index (χ4v) is 2.37. The molecule has 1 aromatic carbocycles. The number of nitrogens with zero attached hydrogens (tertiary/aromatic N) is 2. The van der Waals surface area contributed by atoms with E-state index in [2.05, 4.69) is 0 Å². The van der Waals surface area contributed by atoms with E-state index in [1.807, 2.05) is 6.92 Å². The molecule has 1 aliphatic heterocycles. The first-order chi connectivity index (χ1) is 8.50. The summed E-state index contributed by atoms with van der Waals surface area (Å²) in [5.41, 5.74) is 0.522. The number of rotatable bonds is 3. The van der Waals surface area contributed by atoms with Gasteiger partial charge in [0.05, 0.1) is 10.8 Å². The molecule has 0 bridgehead atoms. The van der Waals surface area contributed by atoms with Crippen LogP contribution in [0.4, 0.5) is 11.4 Å². The van der Waals surface area contributed by atoms with E-state index in [-0.39, 0.29) is 11.6 Å². The molecule has 2 unspecified atom stereocenters. The highest BCUT2D eigenvalue weighted by Crippen LogP contribution is 2.34. The highest BCUT2D eigenvalue weighted by Gasteiger charge is 2.36. The summed E-state index contributed by atoms with van der Waals surface area (Å²) in [5, 5.41) is 20.0. The maximum atomic E-state index is 11.0. The number of carboxylic acids is 1. The molecular weight excluding hydrogens is 236 g/mol. The quantitative estimate of drug-likeness (QED) is 0.652. The standard InChI is InChI=1S/C12H14N2O4/c1-8-6-13(7-9(8)12(15)16)10-4-2-3-5-11(10)14(17)18/h2-5,8-9H,6-7H2,1H3,(H,15,16). The summed E-state index contributed by atoms with van der Waals surface area (Å²) in [6.45, 7) is 2.71. The minimum absolute atomic E-state index is 0.0117. The lowest BCUT2D eigenvalue weighted by atomic mass is 9.99. The van der Waals surface area contributed by atoms with Crippen LogP contribution < -0.4 is 4.90 Å².